The van der Waals surface area contributed by atoms with Gasteiger partial charge < -0.3 is 10.2 Å². The minimum Gasteiger partial charge on any atom is -0.345 e. The van der Waals surface area contributed by atoms with Crippen molar-refractivity contribution in [1.82, 2.24) is 15.1 Å². The van der Waals surface area contributed by atoms with E-state index < -0.39 is 0 Å². The van der Waals surface area contributed by atoms with Crippen LogP contribution in [0.2, 0.25) is 0 Å². The summed E-state index contributed by atoms with van der Waals surface area (Å²) in [4.78, 5) is 18.0. The zero-order valence-electron chi connectivity index (χ0n) is 20.5. The van der Waals surface area contributed by atoms with Gasteiger partial charge in [0.05, 0.1) is 6.04 Å². The van der Waals surface area contributed by atoms with E-state index in [4.69, 9.17) is 0 Å². The van der Waals surface area contributed by atoms with Gasteiger partial charge in [0.1, 0.15) is 0 Å². The number of hydrogen-bond acceptors (Lipinski definition) is 3. The number of rotatable bonds is 7. The van der Waals surface area contributed by atoms with Crippen LogP contribution in [0.15, 0.2) is 78.9 Å². The second kappa shape index (κ2) is 13.6. The third-order valence-electron chi connectivity index (χ3n) is 6.95. The van der Waals surface area contributed by atoms with Crippen molar-refractivity contribution in [3.8, 4) is 0 Å². The first-order valence-electron chi connectivity index (χ1n) is 12.4. The highest BCUT2D eigenvalue weighted by atomic mass is 35.5. The molecule has 0 spiro atoms. The van der Waals surface area contributed by atoms with Crippen molar-refractivity contribution < 1.29 is 4.79 Å². The molecule has 3 aromatic carbocycles. The molecule has 0 saturated carbocycles. The van der Waals surface area contributed by atoms with Gasteiger partial charge in [0.25, 0.3) is 0 Å². The summed E-state index contributed by atoms with van der Waals surface area (Å²) >= 11 is 0. The van der Waals surface area contributed by atoms with E-state index in [9.17, 15) is 4.79 Å². The van der Waals surface area contributed by atoms with Gasteiger partial charge in [-0.3, -0.25) is 9.69 Å². The van der Waals surface area contributed by atoms with Crippen molar-refractivity contribution in [3.05, 3.63) is 107 Å². The maximum atomic E-state index is 13.0. The van der Waals surface area contributed by atoms with Crippen LogP contribution >= 0.6 is 24.8 Å². The van der Waals surface area contributed by atoms with Crippen LogP contribution in [-0.2, 0) is 11.3 Å². The SMILES string of the molecule is Cl.Cl.O=C(CCCN1CCN(Cc2ccccc2)CC1)NC1c2ccccc2C=Cc2ccccc21. The first kappa shape index (κ1) is 27.9. The zero-order chi connectivity index (χ0) is 23.2. The number of amides is 1. The van der Waals surface area contributed by atoms with Gasteiger partial charge in [-0.15, -0.1) is 24.8 Å². The molecule has 5 rings (SSSR count). The Labute approximate surface area is 227 Å². The second-order valence-corrected chi connectivity index (χ2v) is 9.30. The summed E-state index contributed by atoms with van der Waals surface area (Å²) in [5, 5.41) is 3.34. The fourth-order valence-electron chi connectivity index (χ4n) is 5.06. The average molecular weight is 525 g/mol. The maximum Gasteiger partial charge on any atom is 0.220 e. The summed E-state index contributed by atoms with van der Waals surface area (Å²) in [7, 11) is 0. The Morgan fingerprint density at radius 2 is 1.25 bits per heavy atom. The number of fused-ring (bicyclic) bond motifs is 2. The number of benzene rings is 3. The van der Waals surface area contributed by atoms with E-state index in [1.54, 1.807) is 0 Å². The summed E-state index contributed by atoms with van der Waals surface area (Å²) in [5.41, 5.74) is 6.03. The Bertz CT molecular complexity index is 1090. The van der Waals surface area contributed by atoms with Gasteiger partial charge in [0.2, 0.25) is 5.91 Å². The summed E-state index contributed by atoms with van der Waals surface area (Å²) < 4.78 is 0. The monoisotopic (exact) mass is 523 g/mol. The quantitative estimate of drug-likeness (QED) is 0.423. The Morgan fingerprint density at radius 3 is 1.86 bits per heavy atom. The third-order valence-corrected chi connectivity index (χ3v) is 6.95. The molecule has 1 saturated heterocycles. The second-order valence-electron chi connectivity index (χ2n) is 9.30. The number of carbonyl (C=O) groups excluding carboxylic acids is 1. The standard InChI is InChI=1S/C30H33N3O.2ClH/c34-29(15-8-18-32-19-21-33(22-20-32)23-24-9-2-1-3-10-24)31-30-27-13-6-4-11-25(27)16-17-26-12-5-7-14-28(26)30;;/h1-7,9-14,16-17,30H,8,15,18-23H2,(H,31,34);2*1H. The number of hydrogen-bond donors (Lipinski definition) is 1. The molecule has 190 valence electrons. The first-order chi connectivity index (χ1) is 16.8. The van der Waals surface area contributed by atoms with Gasteiger partial charge in [-0.05, 0) is 40.8 Å². The predicted octanol–water partition coefficient (Wildman–Crippen LogP) is 5.82. The molecule has 6 heteroatoms. The molecule has 1 N–H and O–H groups in total. The molecule has 0 radical (unpaired) electrons. The maximum absolute atomic E-state index is 13.0. The zero-order valence-corrected chi connectivity index (χ0v) is 22.1. The Morgan fingerprint density at radius 1 is 0.722 bits per heavy atom. The summed E-state index contributed by atoms with van der Waals surface area (Å²) in [5.74, 6) is 0.124. The Hall–Kier alpha value is -2.63. The number of piperazine rings is 1. The van der Waals surface area contributed by atoms with Gasteiger partial charge in [0.15, 0.2) is 0 Å². The predicted molar refractivity (Wildman–Crippen MR) is 154 cm³/mol. The highest BCUT2D eigenvalue weighted by molar-refractivity contribution is 5.85. The van der Waals surface area contributed by atoms with Crippen molar-refractivity contribution in [2.24, 2.45) is 0 Å². The number of nitrogens with zero attached hydrogens (tertiary/aromatic N) is 2. The van der Waals surface area contributed by atoms with Crippen LogP contribution in [0.5, 0.6) is 0 Å². The topological polar surface area (TPSA) is 35.6 Å². The first-order valence-corrected chi connectivity index (χ1v) is 12.4. The smallest absolute Gasteiger partial charge is 0.220 e. The minimum atomic E-state index is -0.114. The molecule has 0 aromatic heterocycles. The van der Waals surface area contributed by atoms with Crippen LogP contribution in [0.4, 0.5) is 0 Å². The lowest BCUT2D eigenvalue weighted by Gasteiger charge is -2.34. The molecule has 1 aliphatic carbocycles. The van der Waals surface area contributed by atoms with E-state index in [2.05, 4.69) is 106 Å². The van der Waals surface area contributed by atoms with Crippen molar-refractivity contribution in [1.29, 1.82) is 0 Å². The summed E-state index contributed by atoms with van der Waals surface area (Å²) in [6.07, 6.45) is 5.74. The molecular formula is C30H35Cl2N3O. The fraction of sp³-hybridized carbons (Fsp3) is 0.300. The van der Waals surface area contributed by atoms with E-state index in [0.29, 0.717) is 6.42 Å². The average Bonchev–Trinajstić information content (AvgIpc) is 3.03. The van der Waals surface area contributed by atoms with Gasteiger partial charge in [-0.2, -0.15) is 0 Å². The highest BCUT2D eigenvalue weighted by Crippen LogP contribution is 2.32. The lowest BCUT2D eigenvalue weighted by molar-refractivity contribution is -0.121. The molecule has 36 heavy (non-hydrogen) atoms. The van der Waals surface area contributed by atoms with Crippen LogP contribution in [0, 0.1) is 0 Å². The molecule has 3 aromatic rings. The molecule has 2 aliphatic rings. The van der Waals surface area contributed by atoms with Crippen LogP contribution in [0.3, 0.4) is 0 Å². The van der Waals surface area contributed by atoms with E-state index >= 15 is 0 Å². The fourth-order valence-corrected chi connectivity index (χ4v) is 5.06. The van der Waals surface area contributed by atoms with Crippen LogP contribution in [0.1, 0.15) is 46.7 Å². The summed E-state index contributed by atoms with van der Waals surface area (Å²) in [6.45, 7) is 6.32. The summed E-state index contributed by atoms with van der Waals surface area (Å²) in [6, 6.07) is 27.3. The molecule has 0 atom stereocenters. The molecule has 0 bridgehead atoms. The highest BCUT2D eigenvalue weighted by Gasteiger charge is 2.23. The Kier molecular flexibility index (Phi) is 10.6. The molecule has 1 heterocycles. The molecule has 1 amide bonds. The van der Waals surface area contributed by atoms with E-state index in [-0.39, 0.29) is 36.8 Å². The molecule has 1 aliphatic heterocycles. The van der Waals surface area contributed by atoms with Crippen molar-refractivity contribution >= 4 is 42.9 Å². The lowest BCUT2D eigenvalue weighted by atomic mass is 9.94. The molecule has 4 nitrogen and oxygen atoms in total. The lowest BCUT2D eigenvalue weighted by Crippen LogP contribution is -2.46. The van der Waals surface area contributed by atoms with Crippen LogP contribution in [-0.4, -0.2) is 48.4 Å². The minimum absolute atomic E-state index is 0. The van der Waals surface area contributed by atoms with E-state index in [1.165, 1.54) is 5.56 Å². The van der Waals surface area contributed by atoms with Crippen molar-refractivity contribution in [3.63, 3.8) is 0 Å². The molecule has 0 unspecified atom stereocenters. The number of halogens is 2. The van der Waals surface area contributed by atoms with Crippen LogP contribution < -0.4 is 5.32 Å². The largest absolute Gasteiger partial charge is 0.345 e. The number of carbonyl (C=O) groups is 1. The van der Waals surface area contributed by atoms with Crippen LogP contribution in [0.25, 0.3) is 12.2 Å². The van der Waals surface area contributed by atoms with Gasteiger partial charge >= 0.3 is 0 Å². The third kappa shape index (κ3) is 6.98. The van der Waals surface area contributed by atoms with Gasteiger partial charge in [-0.1, -0.05) is 91.0 Å². The Balaban J connectivity index is 0.00000180. The normalized spacial score (nSPS) is 15.6. The molecule has 1 fully saturated rings. The molecular weight excluding hydrogens is 489 g/mol. The van der Waals surface area contributed by atoms with Crippen molar-refractivity contribution in [2.75, 3.05) is 32.7 Å². The van der Waals surface area contributed by atoms with Gasteiger partial charge in [0, 0.05) is 39.1 Å². The number of nitrogens with one attached hydrogen (secondary N) is 1. The van der Waals surface area contributed by atoms with E-state index in [1.807, 2.05) is 0 Å². The van der Waals surface area contributed by atoms with Crippen molar-refractivity contribution in [2.45, 2.75) is 25.4 Å². The van der Waals surface area contributed by atoms with Gasteiger partial charge in [-0.25, -0.2) is 0 Å². The van der Waals surface area contributed by atoms with E-state index in [0.717, 1.165) is 67.9 Å².